The molecule has 3 rings (SSSR count). The summed E-state index contributed by atoms with van der Waals surface area (Å²) in [4.78, 5) is 16.2. The first kappa shape index (κ1) is 17.7. The highest BCUT2D eigenvalue weighted by molar-refractivity contribution is 6.33. The summed E-state index contributed by atoms with van der Waals surface area (Å²) in [6.45, 7) is 0.320. The van der Waals surface area contributed by atoms with E-state index in [-0.39, 0.29) is 23.7 Å². The van der Waals surface area contributed by atoms with E-state index < -0.39 is 11.7 Å². The second-order valence-corrected chi connectivity index (χ2v) is 5.71. The van der Waals surface area contributed by atoms with E-state index >= 15 is 0 Å². The molecule has 4 nitrogen and oxygen atoms in total. The van der Waals surface area contributed by atoms with Crippen LogP contribution >= 0.6 is 11.6 Å². The number of ether oxygens (including phenoxy) is 1. The molecular weight excluding hydrogens is 355 g/mol. The average molecular weight is 369 g/mol. The van der Waals surface area contributed by atoms with Crippen LogP contribution in [0.2, 0.25) is 5.02 Å². The molecular formula is C20H14ClFN2O2. The van der Waals surface area contributed by atoms with E-state index in [0.29, 0.717) is 5.75 Å². The van der Waals surface area contributed by atoms with Crippen LogP contribution in [-0.4, -0.2) is 24.0 Å². The first-order valence-corrected chi connectivity index (χ1v) is 8.18. The molecule has 26 heavy (non-hydrogen) atoms. The number of fused-ring (bicyclic) bond motifs is 1. The zero-order valence-corrected chi connectivity index (χ0v) is 14.4. The highest BCUT2D eigenvalue weighted by Gasteiger charge is 2.09. The van der Waals surface area contributed by atoms with E-state index in [0.717, 1.165) is 17.0 Å². The molecule has 0 aliphatic rings. The zero-order chi connectivity index (χ0) is 18.4. The molecule has 1 amide bonds. The van der Waals surface area contributed by atoms with Gasteiger partial charge in [0.25, 0.3) is 5.91 Å². The molecule has 3 aromatic rings. The van der Waals surface area contributed by atoms with Crippen molar-refractivity contribution in [3.8, 4) is 17.6 Å². The first-order valence-electron chi connectivity index (χ1n) is 7.80. The summed E-state index contributed by atoms with van der Waals surface area (Å²) < 4.78 is 18.5. The van der Waals surface area contributed by atoms with Crippen LogP contribution < -0.4 is 10.1 Å². The first-order chi connectivity index (χ1) is 12.6. The number of hydrogen-bond acceptors (Lipinski definition) is 3. The average Bonchev–Trinajstić information content (AvgIpc) is 2.64. The quantitative estimate of drug-likeness (QED) is 0.712. The Kier molecular flexibility index (Phi) is 5.67. The molecule has 0 aliphatic heterocycles. The number of carbonyl (C=O) groups excluding carboxylic acids is 1. The number of rotatable bonds is 4. The number of aromatic nitrogens is 1. The van der Waals surface area contributed by atoms with Gasteiger partial charge in [-0.2, -0.15) is 0 Å². The molecule has 2 aromatic carbocycles. The molecule has 0 radical (unpaired) electrons. The molecule has 0 saturated heterocycles. The van der Waals surface area contributed by atoms with E-state index in [1.54, 1.807) is 6.20 Å². The Balaban J connectivity index is 1.48. The van der Waals surface area contributed by atoms with Gasteiger partial charge in [-0.25, -0.2) is 4.39 Å². The third-order valence-corrected chi connectivity index (χ3v) is 3.84. The Morgan fingerprint density at radius 2 is 2.08 bits per heavy atom. The van der Waals surface area contributed by atoms with Crippen LogP contribution in [0.25, 0.3) is 10.9 Å². The fourth-order valence-electron chi connectivity index (χ4n) is 2.26. The van der Waals surface area contributed by atoms with E-state index in [1.807, 2.05) is 30.3 Å². The van der Waals surface area contributed by atoms with Gasteiger partial charge in [-0.15, -0.1) is 0 Å². The Morgan fingerprint density at radius 3 is 2.92 bits per heavy atom. The molecule has 0 fully saturated rings. The van der Waals surface area contributed by atoms with Crippen molar-refractivity contribution >= 4 is 28.4 Å². The minimum atomic E-state index is -0.493. The number of hydrogen-bond donors (Lipinski definition) is 1. The van der Waals surface area contributed by atoms with Crippen LogP contribution in [0.5, 0.6) is 5.75 Å². The summed E-state index contributed by atoms with van der Waals surface area (Å²) in [6.07, 6.45) is 1.72. The summed E-state index contributed by atoms with van der Waals surface area (Å²) >= 11 is 5.83. The molecule has 6 heteroatoms. The number of amides is 1. The highest BCUT2D eigenvalue weighted by Crippen LogP contribution is 2.18. The van der Waals surface area contributed by atoms with Crippen molar-refractivity contribution in [2.24, 2.45) is 0 Å². The van der Waals surface area contributed by atoms with Gasteiger partial charge in [0, 0.05) is 17.6 Å². The van der Waals surface area contributed by atoms with E-state index in [2.05, 4.69) is 22.1 Å². The predicted molar refractivity (Wildman–Crippen MR) is 98.8 cm³/mol. The summed E-state index contributed by atoms with van der Waals surface area (Å²) in [5, 5.41) is 3.69. The lowest BCUT2D eigenvalue weighted by molar-refractivity contribution is 0.0959. The molecule has 130 valence electrons. The van der Waals surface area contributed by atoms with Crippen LogP contribution in [-0.2, 0) is 0 Å². The summed E-state index contributed by atoms with van der Waals surface area (Å²) in [5.41, 5.74) is 1.05. The molecule has 0 unspecified atom stereocenters. The molecule has 0 spiro atoms. The molecule has 1 aromatic heterocycles. The molecule has 0 aliphatic carbocycles. The molecule has 1 N–H and O–H groups in total. The lowest BCUT2D eigenvalue weighted by Gasteiger charge is -2.04. The zero-order valence-electron chi connectivity index (χ0n) is 13.6. The van der Waals surface area contributed by atoms with E-state index in [4.69, 9.17) is 16.3 Å². The Bertz CT molecular complexity index is 1010. The van der Waals surface area contributed by atoms with Crippen LogP contribution in [0.4, 0.5) is 4.39 Å². The maximum absolute atomic E-state index is 13.0. The van der Waals surface area contributed by atoms with Crippen LogP contribution in [0.1, 0.15) is 10.4 Å². The fraction of sp³-hybridized carbons (Fsp3) is 0.100. The minimum absolute atomic E-state index is 0.0590. The van der Waals surface area contributed by atoms with Crippen molar-refractivity contribution in [2.45, 2.75) is 0 Å². The van der Waals surface area contributed by atoms with Crippen molar-refractivity contribution < 1.29 is 13.9 Å². The Hall–Kier alpha value is -3.10. The number of nitrogens with zero attached hydrogens (tertiary/aromatic N) is 1. The van der Waals surface area contributed by atoms with Gasteiger partial charge in [-0.3, -0.25) is 9.78 Å². The maximum atomic E-state index is 13.0. The second kappa shape index (κ2) is 8.32. The molecule has 1 heterocycles. The van der Waals surface area contributed by atoms with Crippen molar-refractivity contribution in [3.05, 3.63) is 71.1 Å². The van der Waals surface area contributed by atoms with Gasteiger partial charge in [0.2, 0.25) is 0 Å². The SMILES string of the molecule is O=C(NCC#CCOc1ccc2cccnc2c1)c1ccc(F)cc1Cl. The summed E-state index contributed by atoms with van der Waals surface area (Å²) in [7, 11) is 0. The van der Waals surface area contributed by atoms with Crippen molar-refractivity contribution in [3.63, 3.8) is 0 Å². The van der Waals surface area contributed by atoms with Crippen molar-refractivity contribution in [2.75, 3.05) is 13.2 Å². The maximum Gasteiger partial charge on any atom is 0.253 e. The number of pyridine rings is 1. The fourth-order valence-corrected chi connectivity index (χ4v) is 2.52. The van der Waals surface area contributed by atoms with Crippen LogP contribution in [0, 0.1) is 17.7 Å². The largest absolute Gasteiger partial charge is 0.481 e. The number of benzene rings is 2. The van der Waals surface area contributed by atoms with Gasteiger partial charge < -0.3 is 10.1 Å². The van der Waals surface area contributed by atoms with E-state index in [9.17, 15) is 9.18 Å². The highest BCUT2D eigenvalue weighted by atomic mass is 35.5. The number of nitrogens with one attached hydrogen (secondary N) is 1. The third kappa shape index (κ3) is 4.50. The van der Waals surface area contributed by atoms with Gasteiger partial charge in [-0.1, -0.05) is 29.5 Å². The van der Waals surface area contributed by atoms with Gasteiger partial charge in [0.1, 0.15) is 18.2 Å². The normalized spacial score (nSPS) is 10.1. The standard InChI is InChI=1S/C20H14ClFN2O2/c21-18-12-15(22)6-8-17(18)20(25)24-9-1-2-11-26-16-7-5-14-4-3-10-23-19(14)13-16/h3-8,10,12-13H,9,11H2,(H,24,25). The number of carbonyl (C=O) groups is 1. The molecule has 0 saturated carbocycles. The summed E-state index contributed by atoms with van der Waals surface area (Å²) in [5.74, 6) is 5.37. The Labute approximate surface area is 155 Å². The van der Waals surface area contributed by atoms with Crippen molar-refractivity contribution in [1.82, 2.24) is 10.3 Å². The smallest absolute Gasteiger partial charge is 0.253 e. The predicted octanol–water partition coefficient (Wildman–Crippen LogP) is 3.84. The van der Waals surface area contributed by atoms with Gasteiger partial charge in [-0.05, 0) is 36.4 Å². The molecule has 0 atom stereocenters. The minimum Gasteiger partial charge on any atom is -0.481 e. The Morgan fingerprint density at radius 1 is 1.19 bits per heavy atom. The van der Waals surface area contributed by atoms with Crippen LogP contribution in [0.15, 0.2) is 54.7 Å². The monoisotopic (exact) mass is 368 g/mol. The topological polar surface area (TPSA) is 51.2 Å². The summed E-state index contributed by atoms with van der Waals surface area (Å²) in [6, 6.07) is 13.1. The lowest BCUT2D eigenvalue weighted by Crippen LogP contribution is -2.24. The lowest BCUT2D eigenvalue weighted by atomic mass is 10.2. The number of halogens is 2. The van der Waals surface area contributed by atoms with Gasteiger partial charge in [0.05, 0.1) is 22.6 Å². The van der Waals surface area contributed by atoms with Crippen molar-refractivity contribution in [1.29, 1.82) is 0 Å². The third-order valence-electron chi connectivity index (χ3n) is 3.53. The van der Waals surface area contributed by atoms with Gasteiger partial charge >= 0.3 is 0 Å². The van der Waals surface area contributed by atoms with Crippen LogP contribution in [0.3, 0.4) is 0 Å². The molecule has 0 bridgehead atoms. The van der Waals surface area contributed by atoms with E-state index in [1.165, 1.54) is 12.1 Å². The second-order valence-electron chi connectivity index (χ2n) is 5.31. The van der Waals surface area contributed by atoms with Gasteiger partial charge in [0.15, 0.2) is 0 Å².